The van der Waals surface area contributed by atoms with E-state index in [1.807, 2.05) is 25.1 Å². The highest BCUT2D eigenvalue weighted by Gasteiger charge is 2.24. The average Bonchev–Trinajstić information content (AvgIpc) is 2.57. The maximum atomic E-state index is 12.9. The first-order valence-corrected chi connectivity index (χ1v) is 8.68. The molecule has 1 aliphatic rings. The molecule has 0 radical (unpaired) electrons. The van der Waals surface area contributed by atoms with Crippen molar-refractivity contribution in [2.75, 3.05) is 12.4 Å². The van der Waals surface area contributed by atoms with Crippen LogP contribution in [0.2, 0.25) is 0 Å². The highest BCUT2D eigenvalue weighted by atomic mass is 79.9. The van der Waals surface area contributed by atoms with Gasteiger partial charge in [0, 0.05) is 28.5 Å². The lowest BCUT2D eigenvalue weighted by Crippen LogP contribution is -2.30. The van der Waals surface area contributed by atoms with Gasteiger partial charge in [0.05, 0.1) is 7.11 Å². The fraction of sp³-hybridized carbons (Fsp3) is 0.333. The Morgan fingerprint density at radius 2 is 2.08 bits per heavy atom. The number of carbonyl (C=O) groups excluding carboxylic acids is 1. The molecule has 6 heteroatoms. The number of anilines is 1. The van der Waals surface area contributed by atoms with Crippen LogP contribution < -0.4 is 15.6 Å². The Labute approximate surface area is 148 Å². The van der Waals surface area contributed by atoms with Crippen LogP contribution in [0, 0.1) is 6.92 Å². The molecule has 0 spiro atoms. The third-order valence-corrected chi connectivity index (χ3v) is 4.80. The van der Waals surface area contributed by atoms with Crippen molar-refractivity contribution < 1.29 is 9.53 Å². The molecule has 0 unspecified atom stereocenters. The van der Waals surface area contributed by atoms with Gasteiger partial charge in [-0.05, 0) is 49.9 Å². The van der Waals surface area contributed by atoms with Crippen LogP contribution in [-0.2, 0) is 13.0 Å². The molecule has 0 fully saturated rings. The first kappa shape index (κ1) is 16.8. The van der Waals surface area contributed by atoms with E-state index in [9.17, 15) is 9.59 Å². The van der Waals surface area contributed by atoms with Crippen molar-refractivity contribution in [2.24, 2.45) is 0 Å². The quantitative estimate of drug-likeness (QED) is 0.871. The zero-order chi connectivity index (χ0) is 17.3. The molecule has 1 aliphatic heterocycles. The van der Waals surface area contributed by atoms with Crippen LogP contribution in [-0.4, -0.2) is 17.6 Å². The minimum Gasteiger partial charge on any atom is -0.496 e. The monoisotopic (exact) mass is 390 g/mol. The molecule has 3 rings (SSSR count). The fourth-order valence-electron chi connectivity index (χ4n) is 3.10. The minimum absolute atomic E-state index is 0.113. The van der Waals surface area contributed by atoms with E-state index in [2.05, 4.69) is 21.2 Å². The number of rotatable bonds is 3. The molecule has 1 amide bonds. The molecule has 0 bridgehead atoms. The molecule has 1 N–H and O–H groups in total. The van der Waals surface area contributed by atoms with Gasteiger partial charge in [-0.2, -0.15) is 0 Å². The second-order valence-corrected chi connectivity index (χ2v) is 6.81. The Morgan fingerprint density at radius 3 is 2.79 bits per heavy atom. The summed E-state index contributed by atoms with van der Waals surface area (Å²) < 4.78 is 7.97. The Morgan fingerprint density at radius 1 is 1.29 bits per heavy atom. The van der Waals surface area contributed by atoms with Crippen molar-refractivity contribution >= 4 is 27.5 Å². The lowest BCUT2D eigenvalue weighted by atomic mass is 10.0. The lowest BCUT2D eigenvalue weighted by Gasteiger charge is -2.23. The number of halogens is 1. The second kappa shape index (κ2) is 6.81. The highest BCUT2D eigenvalue weighted by molar-refractivity contribution is 9.10. The number of aromatic nitrogens is 1. The Balaban J connectivity index is 2.04. The highest BCUT2D eigenvalue weighted by Crippen LogP contribution is 2.27. The predicted molar refractivity (Wildman–Crippen MR) is 97.0 cm³/mol. The molecule has 1 aromatic heterocycles. The molecule has 1 aromatic carbocycles. The fourth-order valence-corrected chi connectivity index (χ4v) is 3.57. The first-order chi connectivity index (χ1) is 11.5. The zero-order valence-corrected chi connectivity index (χ0v) is 15.3. The third-order valence-electron chi connectivity index (χ3n) is 4.31. The third kappa shape index (κ3) is 3.11. The maximum Gasteiger partial charge on any atom is 0.261 e. The topological polar surface area (TPSA) is 60.3 Å². The number of ether oxygens (including phenoxy) is 1. The van der Waals surface area contributed by atoms with E-state index in [-0.39, 0.29) is 11.5 Å². The summed E-state index contributed by atoms with van der Waals surface area (Å²) in [6, 6.07) is 7.08. The van der Waals surface area contributed by atoms with Crippen LogP contribution >= 0.6 is 15.9 Å². The van der Waals surface area contributed by atoms with Crippen LogP contribution in [0.3, 0.4) is 0 Å². The summed E-state index contributed by atoms with van der Waals surface area (Å²) in [5.41, 5.74) is 2.81. The van der Waals surface area contributed by atoms with Gasteiger partial charge >= 0.3 is 0 Å². The van der Waals surface area contributed by atoms with Gasteiger partial charge in [0.2, 0.25) is 0 Å². The summed E-state index contributed by atoms with van der Waals surface area (Å²) in [7, 11) is 1.48. The molecule has 2 aromatic rings. The van der Waals surface area contributed by atoms with Crippen LogP contribution in [0.25, 0.3) is 0 Å². The first-order valence-electron chi connectivity index (χ1n) is 7.89. The Bertz CT molecular complexity index is 858. The molecular formula is C18H19BrN2O3. The minimum atomic E-state index is -0.247. The SMILES string of the molecule is COc1cc(=O)n2c(c1C(=O)Nc1ccc(Br)cc1C)CCCC2. The van der Waals surface area contributed by atoms with Crippen LogP contribution in [0.1, 0.15) is 34.5 Å². The smallest absolute Gasteiger partial charge is 0.261 e. The van der Waals surface area contributed by atoms with Crippen LogP contribution in [0.15, 0.2) is 33.5 Å². The molecule has 0 aliphatic carbocycles. The number of hydrogen-bond acceptors (Lipinski definition) is 3. The molecule has 0 saturated carbocycles. The number of carbonyl (C=O) groups is 1. The van der Waals surface area contributed by atoms with E-state index in [0.29, 0.717) is 24.3 Å². The zero-order valence-electron chi connectivity index (χ0n) is 13.7. The summed E-state index contributed by atoms with van der Waals surface area (Å²) in [5, 5.41) is 2.94. The van der Waals surface area contributed by atoms with Gasteiger partial charge in [-0.25, -0.2) is 0 Å². The number of amides is 1. The molecule has 0 saturated heterocycles. The number of nitrogens with zero attached hydrogens (tertiary/aromatic N) is 1. The van der Waals surface area contributed by atoms with Crippen molar-refractivity contribution in [2.45, 2.75) is 32.7 Å². The molecule has 0 atom stereocenters. The molecular weight excluding hydrogens is 372 g/mol. The summed E-state index contributed by atoms with van der Waals surface area (Å²) in [4.78, 5) is 25.1. The normalized spacial score (nSPS) is 13.3. The standard InChI is InChI=1S/C18H19BrN2O3/c1-11-9-12(19)6-7-13(11)20-18(23)17-14-5-3-4-8-21(14)16(22)10-15(17)24-2/h6-7,9-10H,3-5,8H2,1-2H3,(H,20,23). The number of methoxy groups -OCH3 is 1. The summed E-state index contributed by atoms with van der Waals surface area (Å²) >= 11 is 3.42. The summed E-state index contributed by atoms with van der Waals surface area (Å²) in [6.07, 6.45) is 2.62. The van der Waals surface area contributed by atoms with E-state index in [1.54, 1.807) is 4.57 Å². The van der Waals surface area contributed by atoms with E-state index < -0.39 is 0 Å². The Kier molecular flexibility index (Phi) is 4.76. The molecule has 5 nitrogen and oxygen atoms in total. The number of pyridine rings is 1. The van der Waals surface area contributed by atoms with E-state index in [0.717, 1.165) is 34.3 Å². The maximum absolute atomic E-state index is 12.9. The van der Waals surface area contributed by atoms with Gasteiger partial charge in [-0.15, -0.1) is 0 Å². The van der Waals surface area contributed by atoms with Gasteiger partial charge < -0.3 is 14.6 Å². The number of nitrogens with one attached hydrogen (secondary N) is 1. The van der Waals surface area contributed by atoms with Crippen LogP contribution in [0.4, 0.5) is 5.69 Å². The number of hydrogen-bond donors (Lipinski definition) is 1. The van der Waals surface area contributed by atoms with Crippen LogP contribution in [0.5, 0.6) is 5.75 Å². The predicted octanol–water partition coefficient (Wildman–Crippen LogP) is 3.52. The van der Waals surface area contributed by atoms with Crippen molar-refractivity contribution in [3.63, 3.8) is 0 Å². The van der Waals surface area contributed by atoms with E-state index in [4.69, 9.17) is 4.74 Å². The average molecular weight is 391 g/mol. The van der Waals surface area contributed by atoms with Gasteiger partial charge in [0.1, 0.15) is 11.3 Å². The van der Waals surface area contributed by atoms with Crippen molar-refractivity contribution in [1.82, 2.24) is 4.57 Å². The van der Waals surface area contributed by atoms with Crippen molar-refractivity contribution in [3.8, 4) is 5.75 Å². The number of aryl methyl sites for hydroxylation is 1. The van der Waals surface area contributed by atoms with E-state index >= 15 is 0 Å². The summed E-state index contributed by atoms with van der Waals surface area (Å²) in [5.74, 6) is 0.0864. The second-order valence-electron chi connectivity index (χ2n) is 5.89. The Hall–Kier alpha value is -2.08. The number of fused-ring (bicyclic) bond motifs is 1. The van der Waals surface area contributed by atoms with Gasteiger partial charge in [0.15, 0.2) is 0 Å². The number of benzene rings is 1. The van der Waals surface area contributed by atoms with Gasteiger partial charge in [0.25, 0.3) is 11.5 Å². The molecule has 2 heterocycles. The van der Waals surface area contributed by atoms with Gasteiger partial charge in [-0.1, -0.05) is 15.9 Å². The van der Waals surface area contributed by atoms with Gasteiger partial charge in [-0.3, -0.25) is 9.59 Å². The van der Waals surface area contributed by atoms with Crippen molar-refractivity contribution in [1.29, 1.82) is 0 Å². The van der Waals surface area contributed by atoms with E-state index in [1.165, 1.54) is 13.2 Å². The lowest BCUT2D eigenvalue weighted by molar-refractivity contribution is 0.102. The summed E-state index contributed by atoms with van der Waals surface area (Å²) in [6.45, 7) is 2.58. The largest absolute Gasteiger partial charge is 0.496 e. The van der Waals surface area contributed by atoms with Crippen molar-refractivity contribution in [3.05, 3.63) is 55.9 Å². The molecule has 24 heavy (non-hydrogen) atoms. The molecule has 126 valence electrons.